The largest absolute Gasteiger partial charge is 0.326 e. The van der Waals surface area contributed by atoms with Crippen molar-refractivity contribution in [3.63, 3.8) is 0 Å². The molecule has 110 valence electrons. The van der Waals surface area contributed by atoms with E-state index in [1.165, 1.54) is 18.1 Å². The Balaban J connectivity index is 1.81. The lowest BCUT2D eigenvalue weighted by molar-refractivity contribution is -0.115. The zero-order chi connectivity index (χ0) is 15.2. The molecule has 0 bridgehead atoms. The number of carbonyl (C=O) groups excluding carboxylic acids is 1. The van der Waals surface area contributed by atoms with Gasteiger partial charge in [-0.15, -0.1) is 11.8 Å². The minimum Gasteiger partial charge on any atom is -0.326 e. The molecule has 0 aliphatic carbocycles. The number of rotatable bonds is 5. The van der Waals surface area contributed by atoms with E-state index in [9.17, 15) is 4.79 Å². The zero-order valence-corrected chi connectivity index (χ0v) is 13.6. The lowest BCUT2D eigenvalue weighted by Gasteiger charge is -2.06. The van der Waals surface area contributed by atoms with Crippen molar-refractivity contribution in [2.75, 3.05) is 11.1 Å². The highest BCUT2D eigenvalue weighted by Crippen LogP contribution is 2.25. The molecule has 21 heavy (non-hydrogen) atoms. The molecule has 1 aromatic heterocycles. The molecule has 1 amide bonds. The van der Waals surface area contributed by atoms with Gasteiger partial charge in [0.25, 0.3) is 0 Å². The Bertz CT molecular complexity index is 652. The molecule has 0 atom stereocenters. The number of aromatic nitrogens is 2. The van der Waals surface area contributed by atoms with E-state index in [0.717, 1.165) is 10.7 Å². The van der Waals surface area contributed by atoms with Crippen LogP contribution in [0.5, 0.6) is 0 Å². The average molecular weight is 342 g/mol. The fourth-order valence-corrected chi connectivity index (χ4v) is 2.72. The second kappa shape index (κ2) is 7.64. The van der Waals surface area contributed by atoms with Crippen molar-refractivity contribution in [3.8, 4) is 0 Å². The number of thioether (sulfide) groups is 1. The Kier molecular flexibility index (Phi) is 5.85. The number of hydrogen-bond donors (Lipinski definition) is 1. The molecule has 2 aromatic rings. The topological polar surface area (TPSA) is 54.9 Å². The molecular formula is C14H13Cl2N3OS. The van der Waals surface area contributed by atoms with Crippen LogP contribution in [0.3, 0.4) is 0 Å². The van der Waals surface area contributed by atoms with Crippen LogP contribution < -0.4 is 5.32 Å². The van der Waals surface area contributed by atoms with Crippen LogP contribution in [-0.4, -0.2) is 21.6 Å². The highest BCUT2D eigenvalue weighted by molar-refractivity contribution is 7.99. The van der Waals surface area contributed by atoms with Gasteiger partial charge in [0.1, 0.15) is 6.33 Å². The zero-order valence-electron chi connectivity index (χ0n) is 11.3. The molecule has 7 heteroatoms. The fourth-order valence-electron chi connectivity index (χ4n) is 1.55. The summed E-state index contributed by atoms with van der Waals surface area (Å²) in [6, 6.07) is 6.88. The van der Waals surface area contributed by atoms with Gasteiger partial charge in [0, 0.05) is 23.6 Å². The first kappa shape index (κ1) is 16.1. The van der Waals surface area contributed by atoms with Crippen LogP contribution in [0.2, 0.25) is 10.0 Å². The number of nitrogens with zero attached hydrogens (tertiary/aromatic N) is 2. The van der Waals surface area contributed by atoms with E-state index in [0.29, 0.717) is 27.9 Å². The summed E-state index contributed by atoms with van der Waals surface area (Å²) >= 11 is 13.2. The summed E-state index contributed by atoms with van der Waals surface area (Å²) in [7, 11) is 0. The molecule has 0 unspecified atom stereocenters. The van der Waals surface area contributed by atoms with Gasteiger partial charge in [0.05, 0.1) is 15.1 Å². The van der Waals surface area contributed by atoms with Crippen molar-refractivity contribution in [3.05, 3.63) is 46.3 Å². The summed E-state index contributed by atoms with van der Waals surface area (Å²) in [5.74, 6) is 0.565. The van der Waals surface area contributed by atoms with Gasteiger partial charge in [-0.3, -0.25) is 4.79 Å². The fraction of sp³-hybridized carbons (Fsp3) is 0.214. The Hall–Kier alpha value is -1.30. The minimum atomic E-state index is -0.0772. The molecule has 1 N–H and O–H groups in total. The van der Waals surface area contributed by atoms with Gasteiger partial charge < -0.3 is 5.32 Å². The summed E-state index contributed by atoms with van der Waals surface area (Å²) in [6.07, 6.45) is 1.90. The highest BCUT2D eigenvalue weighted by atomic mass is 35.5. The Morgan fingerprint density at radius 3 is 2.76 bits per heavy atom. The van der Waals surface area contributed by atoms with Gasteiger partial charge in [-0.05, 0) is 31.2 Å². The molecule has 1 aromatic carbocycles. The van der Waals surface area contributed by atoms with E-state index in [1.54, 1.807) is 18.2 Å². The monoisotopic (exact) mass is 341 g/mol. The predicted molar refractivity (Wildman–Crippen MR) is 87.2 cm³/mol. The van der Waals surface area contributed by atoms with Crippen LogP contribution in [-0.2, 0) is 4.79 Å². The van der Waals surface area contributed by atoms with Crippen molar-refractivity contribution in [2.45, 2.75) is 18.4 Å². The first-order valence-electron chi connectivity index (χ1n) is 6.21. The molecule has 0 radical (unpaired) electrons. The summed E-state index contributed by atoms with van der Waals surface area (Å²) in [6.45, 7) is 1.91. The predicted octanol–water partition coefficient (Wildman–Crippen LogP) is 4.21. The molecular weight excluding hydrogens is 329 g/mol. The Labute approximate surface area is 137 Å². The van der Waals surface area contributed by atoms with Gasteiger partial charge in [0.2, 0.25) is 5.91 Å². The molecule has 0 aliphatic rings. The average Bonchev–Trinajstić information content (AvgIpc) is 2.43. The lowest BCUT2D eigenvalue weighted by Crippen LogP contribution is -2.12. The molecule has 0 fully saturated rings. The van der Waals surface area contributed by atoms with Crippen LogP contribution in [0.15, 0.2) is 35.6 Å². The highest BCUT2D eigenvalue weighted by Gasteiger charge is 2.05. The van der Waals surface area contributed by atoms with Crippen molar-refractivity contribution in [1.29, 1.82) is 0 Å². The van der Waals surface area contributed by atoms with Crippen LogP contribution in [0, 0.1) is 6.92 Å². The number of amides is 1. The van der Waals surface area contributed by atoms with E-state index < -0.39 is 0 Å². The molecule has 1 heterocycles. The third kappa shape index (κ3) is 5.19. The Morgan fingerprint density at radius 2 is 2.05 bits per heavy atom. The maximum Gasteiger partial charge on any atom is 0.225 e. The number of benzene rings is 1. The smallest absolute Gasteiger partial charge is 0.225 e. The number of aryl methyl sites for hydroxylation is 1. The van der Waals surface area contributed by atoms with Crippen molar-refractivity contribution in [2.24, 2.45) is 0 Å². The van der Waals surface area contributed by atoms with E-state index in [-0.39, 0.29) is 5.91 Å². The first-order valence-corrected chi connectivity index (χ1v) is 7.95. The van der Waals surface area contributed by atoms with Gasteiger partial charge in [-0.2, -0.15) is 0 Å². The van der Waals surface area contributed by atoms with Gasteiger partial charge in [0.15, 0.2) is 0 Å². The number of anilines is 1. The molecule has 2 rings (SSSR count). The summed E-state index contributed by atoms with van der Waals surface area (Å²) in [4.78, 5) is 20.0. The number of halogens is 2. The van der Waals surface area contributed by atoms with Gasteiger partial charge in [-0.25, -0.2) is 9.97 Å². The number of nitrogens with one attached hydrogen (secondary N) is 1. The molecule has 0 saturated heterocycles. The lowest BCUT2D eigenvalue weighted by atomic mass is 10.3. The van der Waals surface area contributed by atoms with Crippen molar-refractivity contribution < 1.29 is 4.79 Å². The number of carbonyl (C=O) groups is 1. The normalized spacial score (nSPS) is 10.4. The number of hydrogen-bond acceptors (Lipinski definition) is 4. The standard InChI is InChI=1S/C14H13Cl2N3OS/c1-9-6-14(18-8-17-9)21-5-4-13(20)19-10-2-3-11(15)12(16)7-10/h2-3,6-8H,4-5H2,1H3,(H,19,20). The SMILES string of the molecule is Cc1cc(SCCC(=O)Nc2ccc(Cl)c(Cl)c2)ncn1. The summed E-state index contributed by atoms with van der Waals surface area (Å²) in [5.41, 5.74) is 1.55. The maximum absolute atomic E-state index is 11.8. The molecule has 0 spiro atoms. The Morgan fingerprint density at radius 1 is 1.24 bits per heavy atom. The van der Waals surface area contributed by atoms with E-state index in [1.807, 2.05) is 13.0 Å². The molecule has 0 aliphatic heterocycles. The second-order valence-electron chi connectivity index (χ2n) is 4.27. The maximum atomic E-state index is 11.8. The molecule has 4 nitrogen and oxygen atoms in total. The van der Waals surface area contributed by atoms with Crippen LogP contribution in [0.25, 0.3) is 0 Å². The van der Waals surface area contributed by atoms with E-state index in [4.69, 9.17) is 23.2 Å². The van der Waals surface area contributed by atoms with E-state index >= 15 is 0 Å². The van der Waals surface area contributed by atoms with Crippen LogP contribution in [0.4, 0.5) is 5.69 Å². The third-order valence-electron chi connectivity index (χ3n) is 2.56. The first-order chi connectivity index (χ1) is 10.0. The molecule has 0 saturated carbocycles. The minimum absolute atomic E-state index is 0.0772. The quantitative estimate of drug-likeness (QED) is 0.653. The summed E-state index contributed by atoms with van der Waals surface area (Å²) in [5, 5.41) is 4.52. The second-order valence-corrected chi connectivity index (χ2v) is 6.20. The third-order valence-corrected chi connectivity index (χ3v) is 4.23. The van der Waals surface area contributed by atoms with Crippen LogP contribution in [0.1, 0.15) is 12.1 Å². The van der Waals surface area contributed by atoms with Crippen molar-refractivity contribution in [1.82, 2.24) is 9.97 Å². The van der Waals surface area contributed by atoms with Crippen molar-refractivity contribution >= 4 is 46.6 Å². The van der Waals surface area contributed by atoms with Gasteiger partial charge >= 0.3 is 0 Å². The summed E-state index contributed by atoms with van der Waals surface area (Å²) < 4.78 is 0. The van der Waals surface area contributed by atoms with Gasteiger partial charge in [-0.1, -0.05) is 23.2 Å². The van der Waals surface area contributed by atoms with Crippen LogP contribution >= 0.6 is 35.0 Å². The van der Waals surface area contributed by atoms with E-state index in [2.05, 4.69) is 15.3 Å².